The number of hydrogen-bond acceptors (Lipinski definition) is 2. The number of fused-ring (bicyclic) bond motifs is 1. The summed E-state index contributed by atoms with van der Waals surface area (Å²) < 4.78 is 5.09. The summed E-state index contributed by atoms with van der Waals surface area (Å²) in [6.45, 7) is 5.54. The highest BCUT2D eigenvalue weighted by Crippen LogP contribution is 2.21. The second kappa shape index (κ2) is 5.35. The van der Waals surface area contributed by atoms with Gasteiger partial charge in [-0.05, 0) is 24.3 Å². The van der Waals surface area contributed by atoms with Crippen LogP contribution in [0.2, 0.25) is 0 Å². The molecule has 0 saturated carbocycles. The van der Waals surface area contributed by atoms with E-state index in [1.807, 2.05) is 38.1 Å². The van der Waals surface area contributed by atoms with Crippen LogP contribution in [0, 0.1) is 0 Å². The molecule has 0 aliphatic carbocycles. The molecule has 1 aromatic carbocycles. The Morgan fingerprint density at radius 1 is 1.31 bits per heavy atom. The lowest BCUT2D eigenvalue weighted by Gasteiger charge is -1.97. The second-order valence-electron chi connectivity index (χ2n) is 3.19. The minimum Gasteiger partial charge on any atom is -0.497 e. The van der Waals surface area contributed by atoms with Crippen molar-refractivity contribution in [1.82, 2.24) is 4.98 Å². The van der Waals surface area contributed by atoms with Crippen LogP contribution in [0.4, 0.5) is 0 Å². The van der Waals surface area contributed by atoms with Crippen LogP contribution in [0.5, 0.6) is 5.75 Å². The third kappa shape index (κ3) is 2.42. The first kappa shape index (κ1) is 12.3. The van der Waals surface area contributed by atoms with Gasteiger partial charge in [0.1, 0.15) is 5.75 Å². The van der Waals surface area contributed by atoms with Crippen molar-refractivity contribution >= 4 is 16.7 Å². The first-order valence-electron chi connectivity index (χ1n) is 5.38. The monoisotopic (exact) mass is 221 g/mol. The average Bonchev–Trinajstić information content (AvgIpc) is 2.74. The van der Waals surface area contributed by atoms with Crippen LogP contribution in [-0.2, 0) is 0 Å². The summed E-state index contributed by atoms with van der Waals surface area (Å²) in [7, 11) is 1.62. The van der Waals surface area contributed by atoms with Crippen LogP contribution in [-0.4, -0.2) is 17.9 Å². The van der Waals surface area contributed by atoms with Crippen LogP contribution in [0.1, 0.15) is 32.7 Å². The van der Waals surface area contributed by atoms with E-state index in [2.05, 4.69) is 4.98 Å². The number of rotatable bonds is 2. The Morgan fingerprint density at radius 2 is 2.00 bits per heavy atom. The van der Waals surface area contributed by atoms with Gasteiger partial charge in [-0.2, -0.15) is 0 Å². The fourth-order valence-electron chi connectivity index (χ4n) is 1.43. The SMILES string of the molecule is CC.COc1ccc2[nH]c(C(C)=O)cc2c1.[HH]. The lowest BCUT2D eigenvalue weighted by molar-refractivity contribution is 0.101. The number of ketones is 1. The predicted molar refractivity (Wildman–Crippen MR) is 68.3 cm³/mol. The molecule has 0 radical (unpaired) electrons. The summed E-state index contributed by atoms with van der Waals surface area (Å²) in [4.78, 5) is 14.1. The van der Waals surface area contributed by atoms with Crippen molar-refractivity contribution in [2.75, 3.05) is 7.11 Å². The molecule has 0 bridgehead atoms. The number of carbonyl (C=O) groups is 1. The van der Waals surface area contributed by atoms with E-state index >= 15 is 0 Å². The first-order valence-corrected chi connectivity index (χ1v) is 5.38. The third-order valence-electron chi connectivity index (χ3n) is 2.21. The maximum Gasteiger partial charge on any atom is 0.175 e. The van der Waals surface area contributed by atoms with Gasteiger partial charge in [0.2, 0.25) is 0 Å². The standard InChI is InChI=1S/C11H11NO2.C2H6.H2/c1-7(13)11-6-8-5-9(14-2)3-4-10(8)12-11;1-2;/h3-6,12H,1-2H3;1-2H3;1H. The summed E-state index contributed by atoms with van der Waals surface area (Å²) in [5, 5.41) is 0.995. The zero-order valence-electron chi connectivity index (χ0n) is 10.1. The van der Waals surface area contributed by atoms with Gasteiger partial charge >= 0.3 is 0 Å². The third-order valence-corrected chi connectivity index (χ3v) is 2.21. The summed E-state index contributed by atoms with van der Waals surface area (Å²) in [6, 6.07) is 7.50. The summed E-state index contributed by atoms with van der Waals surface area (Å²) >= 11 is 0. The zero-order valence-corrected chi connectivity index (χ0v) is 10.1. The summed E-state index contributed by atoms with van der Waals surface area (Å²) in [5.41, 5.74) is 1.59. The molecule has 2 rings (SSSR count). The number of hydrogen-bond donors (Lipinski definition) is 1. The van der Waals surface area contributed by atoms with Gasteiger partial charge in [-0.3, -0.25) is 4.79 Å². The number of nitrogens with one attached hydrogen (secondary N) is 1. The normalized spacial score (nSPS) is 9.50. The number of methoxy groups -OCH3 is 1. The predicted octanol–water partition coefficient (Wildman–Crippen LogP) is 3.65. The molecular weight excluding hydrogens is 202 g/mol. The zero-order chi connectivity index (χ0) is 12.1. The van der Waals surface area contributed by atoms with E-state index in [1.54, 1.807) is 14.0 Å². The molecule has 0 atom stereocenters. The highest BCUT2D eigenvalue weighted by molar-refractivity contribution is 5.98. The topological polar surface area (TPSA) is 42.1 Å². The van der Waals surface area contributed by atoms with Crippen LogP contribution in [0.15, 0.2) is 24.3 Å². The molecule has 0 saturated heterocycles. The Balaban J connectivity index is 0.000000811. The molecule has 88 valence electrons. The van der Waals surface area contributed by atoms with Gasteiger partial charge in [0.25, 0.3) is 0 Å². The van der Waals surface area contributed by atoms with Gasteiger partial charge in [-0.25, -0.2) is 0 Å². The van der Waals surface area contributed by atoms with E-state index in [4.69, 9.17) is 4.74 Å². The molecule has 0 fully saturated rings. The number of aromatic nitrogens is 1. The van der Waals surface area contributed by atoms with E-state index in [0.29, 0.717) is 5.69 Å². The summed E-state index contributed by atoms with van der Waals surface area (Å²) in [6.07, 6.45) is 0. The maximum atomic E-state index is 11.1. The molecule has 3 nitrogen and oxygen atoms in total. The van der Waals surface area contributed by atoms with Crippen molar-refractivity contribution in [2.45, 2.75) is 20.8 Å². The van der Waals surface area contributed by atoms with Gasteiger partial charge in [0, 0.05) is 19.3 Å². The Hall–Kier alpha value is -1.77. The fourth-order valence-corrected chi connectivity index (χ4v) is 1.43. The number of H-pyrrole nitrogens is 1. The maximum absolute atomic E-state index is 11.1. The van der Waals surface area contributed by atoms with Gasteiger partial charge in [-0.15, -0.1) is 0 Å². The number of carbonyl (C=O) groups excluding carboxylic acids is 1. The minimum absolute atomic E-state index is 0. The van der Waals surface area contributed by atoms with Crippen LogP contribution < -0.4 is 4.74 Å². The van der Waals surface area contributed by atoms with E-state index in [9.17, 15) is 4.79 Å². The second-order valence-corrected chi connectivity index (χ2v) is 3.19. The van der Waals surface area contributed by atoms with E-state index in [0.717, 1.165) is 16.7 Å². The highest BCUT2D eigenvalue weighted by atomic mass is 16.5. The quantitative estimate of drug-likeness (QED) is 0.786. The molecule has 1 N–H and O–H groups in total. The van der Waals surface area contributed by atoms with Crippen molar-refractivity contribution in [3.05, 3.63) is 30.0 Å². The van der Waals surface area contributed by atoms with E-state index < -0.39 is 0 Å². The lowest BCUT2D eigenvalue weighted by atomic mass is 10.2. The van der Waals surface area contributed by atoms with Crippen LogP contribution >= 0.6 is 0 Å². The van der Waals surface area contributed by atoms with Gasteiger partial charge in [0.05, 0.1) is 12.8 Å². The molecule has 0 spiro atoms. The smallest absolute Gasteiger partial charge is 0.175 e. The van der Waals surface area contributed by atoms with Gasteiger partial charge in [0.15, 0.2) is 5.78 Å². The lowest BCUT2D eigenvalue weighted by Crippen LogP contribution is -1.89. The molecule has 1 aromatic heterocycles. The van der Waals surface area contributed by atoms with Crippen molar-refractivity contribution in [2.24, 2.45) is 0 Å². The Kier molecular flexibility index (Phi) is 4.11. The molecule has 2 aromatic rings. The Bertz CT molecular complexity index is 491. The minimum atomic E-state index is 0. The number of benzene rings is 1. The van der Waals surface area contributed by atoms with Crippen molar-refractivity contribution in [3.8, 4) is 5.75 Å². The molecule has 1 heterocycles. The van der Waals surface area contributed by atoms with Crippen molar-refractivity contribution < 1.29 is 11.0 Å². The fraction of sp³-hybridized carbons (Fsp3) is 0.308. The van der Waals surface area contributed by atoms with E-state index in [-0.39, 0.29) is 7.21 Å². The molecule has 0 aliphatic rings. The molecule has 16 heavy (non-hydrogen) atoms. The average molecular weight is 221 g/mol. The number of Topliss-reactive ketones (excluding diaryl/α,β-unsaturated/α-hetero) is 1. The first-order chi connectivity index (χ1) is 7.70. The number of aromatic amines is 1. The highest BCUT2D eigenvalue weighted by Gasteiger charge is 2.04. The van der Waals surface area contributed by atoms with Crippen LogP contribution in [0.25, 0.3) is 10.9 Å². The number of ether oxygens (including phenoxy) is 1. The Labute approximate surface area is 96.9 Å². The van der Waals surface area contributed by atoms with Crippen molar-refractivity contribution in [3.63, 3.8) is 0 Å². The Morgan fingerprint density at radius 3 is 2.56 bits per heavy atom. The summed E-state index contributed by atoms with van der Waals surface area (Å²) in [5.74, 6) is 0.840. The molecule has 0 amide bonds. The molecule has 3 heteroatoms. The molecule has 0 aliphatic heterocycles. The molecule has 0 unspecified atom stereocenters. The van der Waals surface area contributed by atoms with Crippen LogP contribution in [0.3, 0.4) is 0 Å². The van der Waals surface area contributed by atoms with Gasteiger partial charge < -0.3 is 9.72 Å². The van der Waals surface area contributed by atoms with Crippen molar-refractivity contribution in [1.29, 1.82) is 0 Å². The van der Waals surface area contributed by atoms with E-state index in [1.165, 1.54) is 0 Å². The van der Waals surface area contributed by atoms with Gasteiger partial charge in [-0.1, -0.05) is 13.8 Å². The largest absolute Gasteiger partial charge is 0.497 e. The molecular formula is C13H19NO2.